The van der Waals surface area contributed by atoms with Gasteiger partial charge in [0, 0.05) is 29.9 Å². The molecule has 4 aromatic rings. The standard InChI is InChI=1S/C23H21N5O5S/c29-23(24-15-22-26-25-21-7-1-2-10-28(21)22)16-5-3-6-17(13-16)27-34(30,31)18-8-9-19-20(14-18)33-12-4-11-32-19/h1-3,5-10,13-14,27H,4,11-12,15H2,(H,24,29). The number of ether oxygens (including phenoxy) is 2. The smallest absolute Gasteiger partial charge is 0.262 e. The number of benzene rings is 2. The molecule has 34 heavy (non-hydrogen) atoms. The average Bonchev–Trinajstić information content (AvgIpc) is 3.10. The van der Waals surface area contributed by atoms with Crippen molar-refractivity contribution in [1.82, 2.24) is 19.9 Å². The molecule has 10 nitrogen and oxygen atoms in total. The van der Waals surface area contributed by atoms with Gasteiger partial charge in [-0.25, -0.2) is 8.42 Å². The fourth-order valence-electron chi connectivity index (χ4n) is 3.52. The number of pyridine rings is 1. The number of nitrogens with one attached hydrogen (secondary N) is 2. The molecule has 1 amide bonds. The van der Waals surface area contributed by atoms with Crippen LogP contribution in [0.3, 0.4) is 0 Å². The maximum absolute atomic E-state index is 12.9. The lowest BCUT2D eigenvalue weighted by Crippen LogP contribution is -2.24. The molecule has 1 aliphatic heterocycles. The van der Waals surface area contributed by atoms with Gasteiger partial charge in [0.2, 0.25) is 0 Å². The van der Waals surface area contributed by atoms with Crippen LogP contribution in [0.4, 0.5) is 5.69 Å². The molecule has 2 N–H and O–H groups in total. The van der Waals surface area contributed by atoms with Gasteiger partial charge in [0.05, 0.1) is 24.7 Å². The molecule has 5 rings (SSSR count). The van der Waals surface area contributed by atoms with E-state index >= 15 is 0 Å². The fourth-order valence-corrected chi connectivity index (χ4v) is 4.59. The third-order valence-corrected chi connectivity index (χ3v) is 6.58. The van der Waals surface area contributed by atoms with E-state index in [9.17, 15) is 13.2 Å². The lowest BCUT2D eigenvalue weighted by molar-refractivity contribution is 0.0949. The molecule has 3 heterocycles. The van der Waals surface area contributed by atoms with Crippen molar-refractivity contribution < 1.29 is 22.7 Å². The summed E-state index contributed by atoms with van der Waals surface area (Å²) in [4.78, 5) is 12.7. The first kappa shape index (κ1) is 21.7. The Kier molecular flexibility index (Phi) is 5.76. The monoisotopic (exact) mass is 479 g/mol. The minimum atomic E-state index is -3.91. The molecule has 0 unspecified atom stereocenters. The van der Waals surface area contributed by atoms with Crippen LogP contribution in [0.5, 0.6) is 11.5 Å². The number of rotatable bonds is 6. The fraction of sp³-hybridized carbons (Fsp3) is 0.174. The first-order valence-corrected chi connectivity index (χ1v) is 12.1. The van der Waals surface area contributed by atoms with E-state index in [-0.39, 0.29) is 23.0 Å². The van der Waals surface area contributed by atoms with E-state index < -0.39 is 10.0 Å². The van der Waals surface area contributed by atoms with Crippen LogP contribution in [0.15, 0.2) is 71.8 Å². The molecule has 11 heteroatoms. The van der Waals surface area contributed by atoms with E-state index in [4.69, 9.17) is 9.47 Å². The Balaban J connectivity index is 1.29. The summed E-state index contributed by atoms with van der Waals surface area (Å²) >= 11 is 0. The van der Waals surface area contributed by atoms with E-state index in [2.05, 4.69) is 20.2 Å². The number of carbonyl (C=O) groups excluding carboxylic acids is 1. The molecule has 0 spiro atoms. The van der Waals surface area contributed by atoms with Crippen LogP contribution in [0.25, 0.3) is 5.65 Å². The molecule has 0 radical (unpaired) electrons. The Hall–Kier alpha value is -4.12. The van der Waals surface area contributed by atoms with Crippen molar-refractivity contribution in [3.8, 4) is 11.5 Å². The topological polar surface area (TPSA) is 124 Å². The van der Waals surface area contributed by atoms with Gasteiger partial charge in [0.1, 0.15) is 0 Å². The van der Waals surface area contributed by atoms with E-state index in [0.29, 0.717) is 41.7 Å². The highest BCUT2D eigenvalue weighted by Gasteiger charge is 2.19. The number of hydrogen-bond acceptors (Lipinski definition) is 7. The van der Waals surface area contributed by atoms with Gasteiger partial charge >= 0.3 is 0 Å². The predicted molar refractivity (Wildman–Crippen MR) is 123 cm³/mol. The molecule has 2 aromatic heterocycles. The van der Waals surface area contributed by atoms with Crippen LogP contribution >= 0.6 is 0 Å². The molecule has 0 saturated heterocycles. The number of anilines is 1. The van der Waals surface area contributed by atoms with E-state index in [0.717, 1.165) is 6.42 Å². The van der Waals surface area contributed by atoms with Crippen molar-refractivity contribution in [3.05, 3.63) is 78.2 Å². The van der Waals surface area contributed by atoms with Gasteiger partial charge in [-0.15, -0.1) is 10.2 Å². The molecule has 2 aromatic carbocycles. The van der Waals surface area contributed by atoms with Crippen molar-refractivity contribution in [2.24, 2.45) is 0 Å². The average molecular weight is 480 g/mol. The molecular weight excluding hydrogens is 458 g/mol. The van der Waals surface area contributed by atoms with Crippen LogP contribution < -0.4 is 19.5 Å². The van der Waals surface area contributed by atoms with Crippen LogP contribution in [-0.2, 0) is 16.6 Å². The van der Waals surface area contributed by atoms with Crippen molar-refractivity contribution >= 4 is 27.3 Å². The molecule has 0 atom stereocenters. The van der Waals surface area contributed by atoms with Gasteiger partial charge < -0.3 is 14.8 Å². The summed E-state index contributed by atoms with van der Waals surface area (Å²) in [5.41, 5.74) is 1.23. The van der Waals surface area contributed by atoms with E-state index in [1.807, 2.05) is 24.4 Å². The number of hydrogen-bond donors (Lipinski definition) is 2. The summed E-state index contributed by atoms with van der Waals surface area (Å²) in [5, 5.41) is 10.9. The highest BCUT2D eigenvalue weighted by atomic mass is 32.2. The highest BCUT2D eigenvalue weighted by Crippen LogP contribution is 2.32. The second-order valence-electron chi connectivity index (χ2n) is 7.57. The largest absolute Gasteiger partial charge is 0.490 e. The maximum Gasteiger partial charge on any atom is 0.262 e. The Bertz CT molecular complexity index is 1470. The summed E-state index contributed by atoms with van der Waals surface area (Å²) < 4.78 is 41.3. The van der Waals surface area contributed by atoms with Gasteiger partial charge in [-0.3, -0.25) is 13.9 Å². The van der Waals surface area contributed by atoms with Gasteiger partial charge in [-0.1, -0.05) is 12.1 Å². The van der Waals surface area contributed by atoms with Crippen LogP contribution in [0.2, 0.25) is 0 Å². The Morgan fingerprint density at radius 1 is 0.971 bits per heavy atom. The third-order valence-electron chi connectivity index (χ3n) is 5.20. The molecular formula is C23H21N5O5S. The second-order valence-corrected chi connectivity index (χ2v) is 9.26. The Morgan fingerprint density at radius 2 is 1.82 bits per heavy atom. The Morgan fingerprint density at radius 3 is 2.71 bits per heavy atom. The number of nitrogens with zero attached hydrogens (tertiary/aromatic N) is 3. The quantitative estimate of drug-likeness (QED) is 0.436. The van der Waals surface area contributed by atoms with E-state index in [1.54, 1.807) is 28.7 Å². The van der Waals surface area contributed by atoms with Crippen LogP contribution in [-0.4, -0.2) is 42.1 Å². The number of sulfonamides is 1. The third kappa shape index (κ3) is 4.50. The zero-order valence-electron chi connectivity index (χ0n) is 18.0. The van der Waals surface area contributed by atoms with Crippen molar-refractivity contribution in [1.29, 1.82) is 0 Å². The number of aromatic nitrogens is 3. The van der Waals surface area contributed by atoms with Gasteiger partial charge in [-0.05, 0) is 42.5 Å². The van der Waals surface area contributed by atoms with Crippen molar-refractivity contribution in [2.45, 2.75) is 17.9 Å². The summed E-state index contributed by atoms with van der Waals surface area (Å²) in [5.74, 6) is 1.10. The zero-order chi connectivity index (χ0) is 23.5. The minimum absolute atomic E-state index is 0.0327. The summed E-state index contributed by atoms with van der Waals surface area (Å²) in [6, 6.07) is 16.2. The van der Waals surface area contributed by atoms with Crippen molar-refractivity contribution in [2.75, 3.05) is 17.9 Å². The SMILES string of the molecule is O=C(NCc1nnc2ccccn12)c1cccc(NS(=O)(=O)c2ccc3c(c2)OCCCO3)c1. The number of carbonyl (C=O) groups is 1. The second kappa shape index (κ2) is 9.02. The van der Waals surface area contributed by atoms with Gasteiger partial charge in [-0.2, -0.15) is 0 Å². The molecule has 0 bridgehead atoms. The molecule has 1 aliphatic rings. The summed E-state index contributed by atoms with van der Waals surface area (Å²) in [6.07, 6.45) is 2.53. The number of fused-ring (bicyclic) bond motifs is 2. The van der Waals surface area contributed by atoms with E-state index in [1.165, 1.54) is 18.2 Å². The van der Waals surface area contributed by atoms with Gasteiger partial charge in [0.15, 0.2) is 23.0 Å². The summed E-state index contributed by atoms with van der Waals surface area (Å²) in [6.45, 7) is 1.13. The molecule has 0 fully saturated rings. The maximum atomic E-state index is 12.9. The number of amides is 1. The minimum Gasteiger partial charge on any atom is -0.490 e. The zero-order valence-corrected chi connectivity index (χ0v) is 18.8. The molecule has 0 saturated carbocycles. The normalized spacial score (nSPS) is 13.3. The van der Waals surface area contributed by atoms with Gasteiger partial charge in [0.25, 0.3) is 15.9 Å². The summed E-state index contributed by atoms with van der Waals surface area (Å²) in [7, 11) is -3.91. The van der Waals surface area contributed by atoms with Crippen LogP contribution in [0.1, 0.15) is 22.6 Å². The predicted octanol–water partition coefficient (Wildman–Crippen LogP) is 2.62. The first-order valence-electron chi connectivity index (χ1n) is 10.6. The molecule has 174 valence electrons. The van der Waals surface area contributed by atoms with Crippen LogP contribution in [0, 0.1) is 0 Å². The molecule has 0 aliphatic carbocycles. The first-order chi connectivity index (χ1) is 16.5. The lowest BCUT2D eigenvalue weighted by Gasteiger charge is -2.12. The van der Waals surface area contributed by atoms with Crippen molar-refractivity contribution in [3.63, 3.8) is 0 Å². The highest BCUT2D eigenvalue weighted by molar-refractivity contribution is 7.92. The Labute approximate surface area is 195 Å². The lowest BCUT2D eigenvalue weighted by atomic mass is 10.2.